The second kappa shape index (κ2) is 2.85. The number of hydrogen-bond donors (Lipinski definition) is 1. The molecule has 11 heavy (non-hydrogen) atoms. The molecule has 0 saturated carbocycles. The Labute approximate surface area is 70.5 Å². The van der Waals surface area contributed by atoms with Crippen LogP contribution in [0.2, 0.25) is 0 Å². The van der Waals surface area contributed by atoms with Gasteiger partial charge in [-0.3, -0.25) is 0 Å². The van der Waals surface area contributed by atoms with Crippen LogP contribution in [-0.2, 0) is 0 Å². The van der Waals surface area contributed by atoms with Crippen molar-refractivity contribution in [2.75, 3.05) is 0 Å². The predicted octanol–water partition coefficient (Wildman–Crippen LogP) is 2.23. The Morgan fingerprint density at radius 2 is 2.18 bits per heavy atom. The summed E-state index contributed by atoms with van der Waals surface area (Å²) in [6.45, 7) is 3.77. The van der Waals surface area contributed by atoms with Gasteiger partial charge in [-0.25, -0.2) is 0 Å². The van der Waals surface area contributed by atoms with Gasteiger partial charge in [0.2, 0.25) is 0 Å². The summed E-state index contributed by atoms with van der Waals surface area (Å²) in [7, 11) is 0. The van der Waals surface area contributed by atoms with E-state index >= 15 is 0 Å². The average Bonchev–Trinajstić information content (AvgIpc) is 1.85. The molecule has 0 radical (unpaired) electrons. The number of H-pyrrole nitrogens is 1. The van der Waals surface area contributed by atoms with Gasteiger partial charge in [0.25, 0.3) is 0 Å². The highest BCUT2D eigenvalue weighted by Gasteiger charge is 1.98. The summed E-state index contributed by atoms with van der Waals surface area (Å²) in [5.41, 5.74) is 2.41. The number of nitriles is 1. The third kappa shape index (κ3) is 1.47. The van der Waals surface area contributed by atoms with E-state index in [0.29, 0.717) is 10.1 Å². The summed E-state index contributed by atoms with van der Waals surface area (Å²) in [5.74, 6) is 0. The molecule has 1 heterocycles. The molecule has 1 aromatic rings. The standard InChI is InChI=1S/C8H8N2S/c1-5-3-8(11)7(4-9)6(2)10-5/h3H,1-2H3,(H,10,11). The number of pyridine rings is 1. The van der Waals surface area contributed by atoms with Gasteiger partial charge in [-0.2, -0.15) is 5.26 Å². The summed E-state index contributed by atoms with van der Waals surface area (Å²) in [6.07, 6.45) is 0. The molecule has 1 rings (SSSR count). The van der Waals surface area contributed by atoms with Crippen molar-refractivity contribution < 1.29 is 0 Å². The minimum Gasteiger partial charge on any atom is -0.362 e. The van der Waals surface area contributed by atoms with Crippen molar-refractivity contribution in [2.45, 2.75) is 13.8 Å². The molecule has 1 aromatic heterocycles. The maximum Gasteiger partial charge on any atom is 0.102 e. The van der Waals surface area contributed by atoms with E-state index < -0.39 is 0 Å². The van der Waals surface area contributed by atoms with E-state index in [-0.39, 0.29) is 0 Å². The van der Waals surface area contributed by atoms with Crippen molar-refractivity contribution in [3.8, 4) is 6.07 Å². The largest absolute Gasteiger partial charge is 0.362 e. The van der Waals surface area contributed by atoms with E-state index in [1.54, 1.807) is 6.07 Å². The zero-order valence-corrected chi connectivity index (χ0v) is 7.25. The first-order chi connectivity index (χ1) is 5.15. The molecule has 0 atom stereocenters. The van der Waals surface area contributed by atoms with Crippen LogP contribution in [0.3, 0.4) is 0 Å². The fourth-order valence-electron chi connectivity index (χ4n) is 0.987. The molecular formula is C8H8N2S. The maximum absolute atomic E-state index is 8.65. The lowest BCUT2D eigenvalue weighted by atomic mass is 10.2. The van der Waals surface area contributed by atoms with E-state index in [4.69, 9.17) is 17.5 Å². The van der Waals surface area contributed by atoms with Gasteiger partial charge >= 0.3 is 0 Å². The number of rotatable bonds is 0. The first-order valence-electron chi connectivity index (χ1n) is 3.26. The Kier molecular flexibility index (Phi) is 2.06. The number of aromatic amines is 1. The zero-order chi connectivity index (χ0) is 8.43. The Hall–Kier alpha value is -1.14. The molecule has 0 saturated heterocycles. The number of nitrogens with one attached hydrogen (secondary N) is 1. The zero-order valence-electron chi connectivity index (χ0n) is 6.43. The van der Waals surface area contributed by atoms with Crippen LogP contribution < -0.4 is 0 Å². The minimum atomic E-state index is 0.575. The van der Waals surface area contributed by atoms with Crippen LogP contribution in [0.4, 0.5) is 0 Å². The van der Waals surface area contributed by atoms with E-state index in [1.807, 2.05) is 13.8 Å². The molecule has 3 heteroatoms. The molecule has 0 unspecified atom stereocenters. The summed E-state index contributed by atoms with van der Waals surface area (Å²) in [5, 5.41) is 8.65. The van der Waals surface area contributed by atoms with Crippen molar-refractivity contribution in [1.29, 1.82) is 5.26 Å². The van der Waals surface area contributed by atoms with Crippen LogP contribution >= 0.6 is 12.2 Å². The van der Waals surface area contributed by atoms with E-state index in [2.05, 4.69) is 11.1 Å². The van der Waals surface area contributed by atoms with Gasteiger partial charge in [-0.15, -0.1) is 0 Å². The normalized spacial score (nSPS) is 9.18. The van der Waals surface area contributed by atoms with Gasteiger partial charge in [0.1, 0.15) is 6.07 Å². The van der Waals surface area contributed by atoms with Crippen LogP contribution in [0.5, 0.6) is 0 Å². The van der Waals surface area contributed by atoms with Crippen LogP contribution in [0, 0.1) is 29.7 Å². The second-order valence-corrected chi connectivity index (χ2v) is 2.87. The fraction of sp³-hybridized carbons (Fsp3) is 0.250. The molecule has 2 nitrogen and oxygen atoms in total. The first kappa shape index (κ1) is 7.96. The summed E-state index contributed by atoms with van der Waals surface area (Å²) < 4.78 is 0.626. The van der Waals surface area contributed by atoms with Crippen LogP contribution in [-0.4, -0.2) is 4.98 Å². The van der Waals surface area contributed by atoms with Gasteiger partial charge in [-0.1, -0.05) is 12.2 Å². The highest BCUT2D eigenvalue weighted by Crippen LogP contribution is 2.07. The van der Waals surface area contributed by atoms with Gasteiger partial charge in [0.15, 0.2) is 0 Å². The van der Waals surface area contributed by atoms with E-state index in [9.17, 15) is 0 Å². The molecule has 0 amide bonds. The average molecular weight is 164 g/mol. The SMILES string of the molecule is Cc1cc(=S)c(C#N)c(C)[nH]1. The summed E-state index contributed by atoms with van der Waals surface area (Å²) in [6, 6.07) is 3.85. The highest BCUT2D eigenvalue weighted by molar-refractivity contribution is 7.71. The molecule has 0 aliphatic heterocycles. The lowest BCUT2D eigenvalue weighted by molar-refractivity contribution is 1.10. The van der Waals surface area contributed by atoms with Crippen molar-refractivity contribution in [1.82, 2.24) is 4.98 Å². The fourth-order valence-corrected chi connectivity index (χ4v) is 1.36. The molecule has 0 aliphatic rings. The van der Waals surface area contributed by atoms with Crippen molar-refractivity contribution >= 4 is 12.2 Å². The lowest BCUT2D eigenvalue weighted by Gasteiger charge is -1.99. The van der Waals surface area contributed by atoms with Gasteiger partial charge < -0.3 is 4.98 Å². The number of aromatic nitrogens is 1. The number of hydrogen-bond acceptors (Lipinski definition) is 2. The summed E-state index contributed by atoms with van der Waals surface area (Å²) >= 11 is 4.98. The van der Waals surface area contributed by atoms with Crippen LogP contribution in [0.25, 0.3) is 0 Å². The lowest BCUT2D eigenvalue weighted by Crippen LogP contribution is -1.91. The van der Waals surface area contributed by atoms with Gasteiger partial charge in [0, 0.05) is 11.4 Å². The van der Waals surface area contributed by atoms with Crippen molar-refractivity contribution in [3.63, 3.8) is 0 Å². The Bertz CT molecular complexity index is 371. The van der Waals surface area contributed by atoms with E-state index in [1.165, 1.54) is 0 Å². The third-order valence-corrected chi connectivity index (χ3v) is 1.79. The minimum absolute atomic E-state index is 0.575. The molecule has 0 fully saturated rings. The molecule has 0 bridgehead atoms. The maximum atomic E-state index is 8.65. The second-order valence-electron chi connectivity index (χ2n) is 2.43. The van der Waals surface area contributed by atoms with Crippen LogP contribution in [0.1, 0.15) is 17.0 Å². The monoisotopic (exact) mass is 164 g/mol. The number of nitrogens with zero attached hydrogens (tertiary/aromatic N) is 1. The first-order valence-corrected chi connectivity index (χ1v) is 3.66. The Balaban J connectivity index is 3.53. The Morgan fingerprint density at radius 3 is 2.64 bits per heavy atom. The number of aryl methyl sites for hydroxylation is 2. The molecule has 56 valence electrons. The molecular weight excluding hydrogens is 156 g/mol. The van der Waals surface area contributed by atoms with Crippen molar-refractivity contribution in [3.05, 3.63) is 27.5 Å². The van der Waals surface area contributed by atoms with Gasteiger partial charge in [0.05, 0.1) is 10.1 Å². The predicted molar refractivity (Wildman–Crippen MR) is 45.8 cm³/mol. The van der Waals surface area contributed by atoms with Gasteiger partial charge in [-0.05, 0) is 19.9 Å². The van der Waals surface area contributed by atoms with E-state index in [0.717, 1.165) is 11.4 Å². The molecule has 1 N–H and O–H groups in total. The van der Waals surface area contributed by atoms with Crippen LogP contribution in [0.15, 0.2) is 6.07 Å². The third-order valence-electron chi connectivity index (χ3n) is 1.47. The Morgan fingerprint density at radius 1 is 1.55 bits per heavy atom. The molecule has 0 aliphatic carbocycles. The quantitative estimate of drug-likeness (QED) is 0.597. The van der Waals surface area contributed by atoms with Crippen molar-refractivity contribution in [2.24, 2.45) is 0 Å². The smallest absolute Gasteiger partial charge is 0.102 e. The highest BCUT2D eigenvalue weighted by atomic mass is 32.1. The summed E-state index contributed by atoms with van der Waals surface area (Å²) in [4.78, 5) is 3.04. The topological polar surface area (TPSA) is 39.6 Å². The molecule has 0 spiro atoms. The molecule has 0 aromatic carbocycles.